The molecule has 3 N–H and O–H groups in total. The van der Waals surface area contributed by atoms with Crippen molar-refractivity contribution in [3.8, 4) is 11.9 Å². The van der Waals surface area contributed by atoms with Crippen molar-refractivity contribution in [1.82, 2.24) is 4.98 Å². The van der Waals surface area contributed by atoms with Crippen LogP contribution in [0.4, 0.5) is 24.7 Å². The minimum atomic E-state index is -4.43. The van der Waals surface area contributed by atoms with Gasteiger partial charge in [-0.2, -0.15) is 23.4 Å². The highest BCUT2D eigenvalue weighted by atomic mass is 19.4. The molecule has 0 aliphatic carbocycles. The number of anilines is 2. The van der Waals surface area contributed by atoms with Crippen LogP contribution >= 0.6 is 0 Å². The Morgan fingerprint density at radius 1 is 1.35 bits per heavy atom. The van der Waals surface area contributed by atoms with E-state index < -0.39 is 17.6 Å². The summed E-state index contributed by atoms with van der Waals surface area (Å²) in [5.41, 5.74) is 5.52. The number of rotatable bonds is 5. The topological polar surface area (TPSA) is 101 Å². The van der Waals surface area contributed by atoms with E-state index in [-0.39, 0.29) is 36.0 Å². The molecule has 1 aromatic heterocycles. The number of nitrogens with zero attached hydrogens (tertiary/aromatic N) is 2. The number of amides is 1. The van der Waals surface area contributed by atoms with Crippen LogP contribution in [0.2, 0.25) is 0 Å². The van der Waals surface area contributed by atoms with Crippen LogP contribution in [-0.4, -0.2) is 17.5 Å². The Kier molecular flexibility index (Phi) is 5.67. The summed E-state index contributed by atoms with van der Waals surface area (Å²) in [4.78, 5) is 16.1. The van der Waals surface area contributed by atoms with Gasteiger partial charge in [0, 0.05) is 6.07 Å². The number of nitriles is 1. The lowest BCUT2D eigenvalue weighted by atomic mass is 10.1. The molecule has 26 heavy (non-hydrogen) atoms. The van der Waals surface area contributed by atoms with Crippen molar-refractivity contribution in [3.63, 3.8) is 0 Å². The molecule has 0 aliphatic heterocycles. The maximum Gasteiger partial charge on any atom is 0.416 e. The molecule has 2 rings (SSSR count). The first-order valence-corrected chi connectivity index (χ1v) is 7.54. The van der Waals surface area contributed by atoms with Crippen molar-refractivity contribution >= 4 is 17.4 Å². The molecule has 1 heterocycles. The zero-order valence-corrected chi connectivity index (χ0v) is 13.7. The summed E-state index contributed by atoms with van der Waals surface area (Å²) in [6.45, 7) is 1.96. The molecule has 0 bridgehead atoms. The molecule has 0 atom stereocenters. The molecule has 0 unspecified atom stereocenters. The third kappa shape index (κ3) is 4.63. The number of carbonyl (C=O) groups excluding carboxylic acids is 1. The first-order valence-electron chi connectivity index (χ1n) is 7.54. The number of nitrogens with one attached hydrogen (secondary N) is 1. The van der Waals surface area contributed by atoms with E-state index in [1.54, 1.807) is 6.92 Å². The quantitative estimate of drug-likeness (QED) is 0.849. The van der Waals surface area contributed by atoms with E-state index in [9.17, 15) is 18.0 Å². The Labute approximate surface area is 147 Å². The molecule has 6 nitrogen and oxygen atoms in total. The number of carbonyl (C=O) groups is 1. The van der Waals surface area contributed by atoms with Crippen molar-refractivity contribution in [1.29, 1.82) is 5.26 Å². The number of nitrogen functional groups attached to an aromatic ring is 1. The van der Waals surface area contributed by atoms with Gasteiger partial charge in [-0.05, 0) is 24.6 Å². The van der Waals surface area contributed by atoms with Gasteiger partial charge in [-0.15, -0.1) is 0 Å². The van der Waals surface area contributed by atoms with Crippen molar-refractivity contribution in [2.24, 2.45) is 0 Å². The molecule has 0 aliphatic rings. The third-order valence-corrected chi connectivity index (χ3v) is 3.32. The van der Waals surface area contributed by atoms with Crippen LogP contribution in [0, 0.1) is 11.3 Å². The van der Waals surface area contributed by atoms with Crippen LogP contribution in [0.15, 0.2) is 30.3 Å². The first-order chi connectivity index (χ1) is 12.2. The fraction of sp³-hybridized carbons (Fsp3) is 0.235. The van der Waals surface area contributed by atoms with Gasteiger partial charge in [0.05, 0.1) is 24.3 Å². The number of hydrogen-bond acceptors (Lipinski definition) is 5. The Morgan fingerprint density at radius 2 is 2.00 bits per heavy atom. The van der Waals surface area contributed by atoms with E-state index in [4.69, 9.17) is 15.7 Å². The number of alkyl halides is 3. The van der Waals surface area contributed by atoms with Crippen molar-refractivity contribution in [2.45, 2.75) is 19.5 Å². The second-order valence-corrected chi connectivity index (χ2v) is 5.24. The summed E-state index contributed by atoms with van der Waals surface area (Å²) in [5, 5.41) is 11.5. The van der Waals surface area contributed by atoms with Crippen LogP contribution in [0.5, 0.6) is 5.88 Å². The monoisotopic (exact) mass is 364 g/mol. The fourth-order valence-corrected chi connectivity index (χ4v) is 2.14. The van der Waals surface area contributed by atoms with Gasteiger partial charge >= 0.3 is 6.18 Å². The predicted molar refractivity (Wildman–Crippen MR) is 88.3 cm³/mol. The van der Waals surface area contributed by atoms with Gasteiger partial charge < -0.3 is 15.8 Å². The van der Waals surface area contributed by atoms with Gasteiger partial charge in [-0.25, -0.2) is 0 Å². The zero-order chi connectivity index (χ0) is 19.3. The van der Waals surface area contributed by atoms with Crippen LogP contribution in [0.25, 0.3) is 0 Å². The Morgan fingerprint density at radius 3 is 2.54 bits per heavy atom. The average molecular weight is 364 g/mol. The van der Waals surface area contributed by atoms with Crippen LogP contribution < -0.4 is 15.8 Å². The molecular weight excluding hydrogens is 349 g/mol. The van der Waals surface area contributed by atoms with E-state index in [1.807, 2.05) is 6.07 Å². The summed E-state index contributed by atoms with van der Waals surface area (Å²) in [7, 11) is 0. The number of benzene rings is 1. The molecule has 0 saturated carbocycles. The lowest BCUT2D eigenvalue weighted by molar-refractivity contribution is -0.137. The minimum absolute atomic E-state index is 0.000157. The van der Waals surface area contributed by atoms with Gasteiger partial charge in [-0.1, -0.05) is 12.1 Å². The van der Waals surface area contributed by atoms with Crippen molar-refractivity contribution in [2.75, 3.05) is 17.7 Å². The van der Waals surface area contributed by atoms with E-state index in [0.717, 1.165) is 12.1 Å². The number of aromatic nitrogens is 1. The normalized spacial score (nSPS) is 10.9. The van der Waals surface area contributed by atoms with Gasteiger partial charge in [0.15, 0.2) is 0 Å². The molecular formula is C17H15F3N4O2. The van der Waals surface area contributed by atoms with E-state index in [2.05, 4.69) is 10.3 Å². The largest absolute Gasteiger partial charge is 0.477 e. The summed E-state index contributed by atoms with van der Waals surface area (Å²) in [5.74, 6) is -0.412. The second kappa shape index (κ2) is 7.74. The lowest BCUT2D eigenvalue weighted by Crippen LogP contribution is -2.16. The summed E-state index contributed by atoms with van der Waals surface area (Å²) < 4.78 is 42.8. The average Bonchev–Trinajstić information content (AvgIpc) is 2.54. The highest BCUT2D eigenvalue weighted by Crippen LogP contribution is 2.29. The summed E-state index contributed by atoms with van der Waals surface area (Å²) in [6.07, 6.45) is -4.58. The molecule has 0 radical (unpaired) electrons. The smallest absolute Gasteiger partial charge is 0.416 e. The Balaban J connectivity index is 2.11. The molecule has 9 heteroatoms. The van der Waals surface area contributed by atoms with E-state index in [1.165, 1.54) is 18.2 Å². The maximum atomic E-state index is 12.5. The number of halogens is 3. The van der Waals surface area contributed by atoms with Crippen LogP contribution in [-0.2, 0) is 17.4 Å². The molecule has 0 saturated heterocycles. The van der Waals surface area contributed by atoms with Gasteiger partial charge in [0.1, 0.15) is 17.5 Å². The molecule has 2 aromatic rings. The third-order valence-electron chi connectivity index (χ3n) is 3.32. The Hall–Kier alpha value is -3.28. The number of hydrogen-bond donors (Lipinski definition) is 2. The highest BCUT2D eigenvalue weighted by molar-refractivity contribution is 5.92. The van der Waals surface area contributed by atoms with E-state index in [0.29, 0.717) is 5.56 Å². The standard InChI is InChI=1S/C17H15F3N4O2/c1-2-26-16-12(9-21)13(22)8-14(24-16)23-15(25)7-10-3-5-11(6-4-10)17(18,19)20/h3-6,8H,2,7H2,1H3,(H3,22,23,24,25). The number of pyridine rings is 1. The lowest BCUT2D eigenvalue weighted by Gasteiger charge is -2.11. The van der Waals surface area contributed by atoms with Crippen LogP contribution in [0.1, 0.15) is 23.6 Å². The molecule has 1 amide bonds. The van der Waals surface area contributed by atoms with Crippen LogP contribution in [0.3, 0.4) is 0 Å². The number of ether oxygens (including phenoxy) is 1. The van der Waals surface area contributed by atoms with Gasteiger partial charge in [0.2, 0.25) is 11.8 Å². The number of nitrogens with two attached hydrogens (primary N) is 1. The molecule has 0 spiro atoms. The SMILES string of the molecule is CCOc1nc(NC(=O)Cc2ccc(C(F)(F)F)cc2)cc(N)c1C#N. The maximum absolute atomic E-state index is 12.5. The molecule has 0 fully saturated rings. The second-order valence-electron chi connectivity index (χ2n) is 5.24. The summed E-state index contributed by atoms with van der Waals surface area (Å²) >= 11 is 0. The fourth-order valence-electron chi connectivity index (χ4n) is 2.14. The predicted octanol–water partition coefficient (Wildman–Crippen LogP) is 3.13. The molecule has 136 valence electrons. The summed E-state index contributed by atoms with van der Waals surface area (Å²) in [6, 6.07) is 7.46. The first kappa shape index (κ1) is 19.1. The van der Waals surface area contributed by atoms with E-state index >= 15 is 0 Å². The van der Waals surface area contributed by atoms with Crippen molar-refractivity contribution < 1.29 is 22.7 Å². The minimum Gasteiger partial charge on any atom is -0.477 e. The van der Waals surface area contributed by atoms with Gasteiger partial charge in [-0.3, -0.25) is 4.79 Å². The highest BCUT2D eigenvalue weighted by Gasteiger charge is 2.30. The molecule has 1 aromatic carbocycles. The Bertz CT molecular complexity index is 843. The van der Waals surface area contributed by atoms with Gasteiger partial charge in [0.25, 0.3) is 0 Å². The van der Waals surface area contributed by atoms with Crippen molar-refractivity contribution in [3.05, 3.63) is 47.0 Å². The zero-order valence-electron chi connectivity index (χ0n) is 13.7.